The molecule has 1 aliphatic rings. The summed E-state index contributed by atoms with van der Waals surface area (Å²) < 4.78 is 2.03. The first-order valence-electron chi connectivity index (χ1n) is 6.57. The molecule has 1 aliphatic heterocycles. The van der Waals surface area contributed by atoms with Gasteiger partial charge in [0.15, 0.2) is 0 Å². The molecule has 1 amide bonds. The normalized spacial score (nSPS) is 20.4. The Bertz CT molecular complexity index is 397. The van der Waals surface area contributed by atoms with Gasteiger partial charge in [0, 0.05) is 31.1 Å². The average molecular weight is 235 g/mol. The van der Waals surface area contributed by atoms with E-state index in [2.05, 4.69) is 30.3 Å². The third-order valence-electron chi connectivity index (χ3n) is 3.43. The van der Waals surface area contributed by atoms with Gasteiger partial charge in [-0.15, -0.1) is 0 Å². The van der Waals surface area contributed by atoms with E-state index in [0.717, 1.165) is 44.5 Å². The Labute approximate surface area is 102 Å². The van der Waals surface area contributed by atoms with Crippen LogP contribution in [0.1, 0.15) is 38.1 Å². The van der Waals surface area contributed by atoms with Crippen LogP contribution in [-0.4, -0.2) is 22.2 Å². The van der Waals surface area contributed by atoms with Gasteiger partial charge in [-0.1, -0.05) is 6.92 Å². The summed E-state index contributed by atoms with van der Waals surface area (Å²) in [6.07, 6.45) is 3.88. The Morgan fingerprint density at radius 3 is 3.00 bits per heavy atom. The van der Waals surface area contributed by atoms with Crippen molar-refractivity contribution in [3.63, 3.8) is 0 Å². The van der Waals surface area contributed by atoms with Gasteiger partial charge in [-0.3, -0.25) is 9.48 Å². The second kappa shape index (κ2) is 5.34. The van der Waals surface area contributed by atoms with Crippen LogP contribution in [0.15, 0.2) is 6.07 Å². The Hall–Kier alpha value is -1.32. The molecule has 17 heavy (non-hydrogen) atoms. The van der Waals surface area contributed by atoms with Gasteiger partial charge in [0.2, 0.25) is 5.91 Å². The highest BCUT2D eigenvalue weighted by atomic mass is 16.1. The summed E-state index contributed by atoms with van der Waals surface area (Å²) in [5.41, 5.74) is 2.32. The molecule has 1 atom stereocenters. The summed E-state index contributed by atoms with van der Waals surface area (Å²) in [5, 5.41) is 7.46. The number of nitrogens with zero attached hydrogens (tertiary/aromatic N) is 2. The number of hydrogen-bond donors (Lipinski definition) is 1. The largest absolute Gasteiger partial charge is 0.356 e. The maximum atomic E-state index is 11.7. The van der Waals surface area contributed by atoms with Gasteiger partial charge in [-0.25, -0.2) is 0 Å². The highest BCUT2D eigenvalue weighted by Gasteiger charge is 2.23. The minimum atomic E-state index is 0.135. The lowest BCUT2D eigenvalue weighted by molar-refractivity contribution is -0.126. The van der Waals surface area contributed by atoms with Crippen LogP contribution in [0.4, 0.5) is 0 Å². The fraction of sp³-hybridized carbons (Fsp3) is 0.692. The third-order valence-corrected chi connectivity index (χ3v) is 3.43. The molecular weight excluding hydrogens is 214 g/mol. The Balaban J connectivity index is 2.11. The fourth-order valence-electron chi connectivity index (χ4n) is 2.41. The second-order valence-electron chi connectivity index (χ2n) is 4.63. The lowest BCUT2D eigenvalue weighted by Crippen LogP contribution is -2.37. The van der Waals surface area contributed by atoms with E-state index in [1.54, 1.807) is 0 Å². The van der Waals surface area contributed by atoms with Gasteiger partial charge in [0.1, 0.15) is 0 Å². The fourth-order valence-corrected chi connectivity index (χ4v) is 2.41. The van der Waals surface area contributed by atoms with E-state index in [9.17, 15) is 4.79 Å². The van der Waals surface area contributed by atoms with Crippen molar-refractivity contribution in [2.45, 2.75) is 46.1 Å². The van der Waals surface area contributed by atoms with E-state index in [4.69, 9.17) is 0 Å². The Morgan fingerprint density at radius 2 is 2.35 bits per heavy atom. The Kier molecular flexibility index (Phi) is 3.82. The molecule has 4 nitrogen and oxygen atoms in total. The molecule has 1 N–H and O–H groups in total. The van der Waals surface area contributed by atoms with Crippen LogP contribution in [0.5, 0.6) is 0 Å². The van der Waals surface area contributed by atoms with Gasteiger partial charge in [-0.05, 0) is 32.3 Å². The van der Waals surface area contributed by atoms with Gasteiger partial charge >= 0.3 is 0 Å². The quantitative estimate of drug-likeness (QED) is 0.860. The molecule has 4 heteroatoms. The summed E-state index contributed by atoms with van der Waals surface area (Å²) in [5.74, 6) is 0.341. The number of carbonyl (C=O) groups excluding carboxylic acids is 1. The number of nitrogens with one attached hydrogen (secondary N) is 1. The molecule has 0 spiro atoms. The summed E-state index contributed by atoms with van der Waals surface area (Å²) in [7, 11) is 0. The molecule has 1 saturated heterocycles. The number of rotatable bonds is 4. The second-order valence-corrected chi connectivity index (χ2v) is 4.63. The summed E-state index contributed by atoms with van der Waals surface area (Å²) in [6, 6.07) is 2.14. The molecule has 2 heterocycles. The van der Waals surface area contributed by atoms with Crippen molar-refractivity contribution in [3.8, 4) is 0 Å². The van der Waals surface area contributed by atoms with E-state index in [1.807, 2.05) is 4.68 Å². The molecule has 0 saturated carbocycles. The van der Waals surface area contributed by atoms with E-state index < -0.39 is 0 Å². The van der Waals surface area contributed by atoms with Gasteiger partial charge in [0.05, 0.1) is 5.69 Å². The first-order chi connectivity index (χ1) is 8.24. The lowest BCUT2D eigenvalue weighted by Gasteiger charge is -2.21. The monoisotopic (exact) mass is 235 g/mol. The van der Waals surface area contributed by atoms with Crippen molar-refractivity contribution in [1.29, 1.82) is 0 Å². The minimum absolute atomic E-state index is 0.135. The zero-order chi connectivity index (χ0) is 12.3. The van der Waals surface area contributed by atoms with Gasteiger partial charge < -0.3 is 5.32 Å². The van der Waals surface area contributed by atoms with Crippen LogP contribution in [0.2, 0.25) is 0 Å². The molecular formula is C13H21N3O. The molecule has 1 aromatic rings. The maximum absolute atomic E-state index is 11.7. The van der Waals surface area contributed by atoms with Crippen molar-refractivity contribution in [1.82, 2.24) is 15.1 Å². The summed E-state index contributed by atoms with van der Waals surface area (Å²) in [6.45, 7) is 5.92. The van der Waals surface area contributed by atoms with Crippen molar-refractivity contribution in [3.05, 3.63) is 17.5 Å². The van der Waals surface area contributed by atoms with Crippen molar-refractivity contribution in [2.24, 2.45) is 5.92 Å². The molecule has 1 aromatic heterocycles. The van der Waals surface area contributed by atoms with Crippen LogP contribution in [0, 0.1) is 5.92 Å². The van der Waals surface area contributed by atoms with Crippen LogP contribution >= 0.6 is 0 Å². The predicted octanol–water partition coefficient (Wildman–Crippen LogP) is 1.53. The molecule has 0 radical (unpaired) electrons. The molecule has 1 unspecified atom stereocenters. The van der Waals surface area contributed by atoms with E-state index in [-0.39, 0.29) is 11.8 Å². The number of aromatic nitrogens is 2. The molecule has 0 aliphatic carbocycles. The summed E-state index contributed by atoms with van der Waals surface area (Å²) in [4.78, 5) is 11.7. The van der Waals surface area contributed by atoms with Crippen LogP contribution in [-0.2, 0) is 24.2 Å². The van der Waals surface area contributed by atoms with Crippen molar-refractivity contribution >= 4 is 5.91 Å². The highest BCUT2D eigenvalue weighted by Crippen LogP contribution is 2.18. The number of aryl methyl sites for hydroxylation is 2. The number of carbonyl (C=O) groups is 1. The van der Waals surface area contributed by atoms with E-state index in [1.165, 1.54) is 5.69 Å². The molecule has 94 valence electrons. The maximum Gasteiger partial charge on any atom is 0.223 e. The highest BCUT2D eigenvalue weighted by molar-refractivity contribution is 5.79. The predicted molar refractivity (Wildman–Crippen MR) is 66.7 cm³/mol. The number of amides is 1. The van der Waals surface area contributed by atoms with Gasteiger partial charge in [-0.2, -0.15) is 5.10 Å². The topological polar surface area (TPSA) is 46.9 Å². The van der Waals surface area contributed by atoms with Crippen LogP contribution in [0.25, 0.3) is 0 Å². The molecule has 0 bridgehead atoms. The first kappa shape index (κ1) is 12.1. The van der Waals surface area contributed by atoms with Gasteiger partial charge in [0.25, 0.3) is 0 Å². The van der Waals surface area contributed by atoms with Crippen molar-refractivity contribution in [2.75, 3.05) is 6.54 Å². The number of piperidine rings is 1. The summed E-state index contributed by atoms with van der Waals surface area (Å²) >= 11 is 0. The lowest BCUT2D eigenvalue weighted by atomic mass is 9.93. The SMILES string of the molecule is CCc1cc(CC2CCCNC2=O)n(CC)n1. The average Bonchev–Trinajstić information content (AvgIpc) is 2.74. The third kappa shape index (κ3) is 2.68. The standard InChI is InChI=1S/C13H21N3O/c1-3-11-9-12(16(4-2)15-11)8-10-6-5-7-14-13(10)17/h9-10H,3-8H2,1-2H3,(H,14,17). The zero-order valence-electron chi connectivity index (χ0n) is 10.7. The minimum Gasteiger partial charge on any atom is -0.356 e. The van der Waals surface area contributed by atoms with Crippen molar-refractivity contribution < 1.29 is 4.79 Å². The van der Waals surface area contributed by atoms with Crippen LogP contribution < -0.4 is 5.32 Å². The van der Waals surface area contributed by atoms with E-state index in [0.29, 0.717) is 0 Å². The van der Waals surface area contributed by atoms with E-state index >= 15 is 0 Å². The molecule has 0 aromatic carbocycles. The first-order valence-corrected chi connectivity index (χ1v) is 6.57. The zero-order valence-corrected chi connectivity index (χ0v) is 10.7. The Morgan fingerprint density at radius 1 is 1.53 bits per heavy atom. The molecule has 1 fully saturated rings. The van der Waals surface area contributed by atoms with Crippen LogP contribution in [0.3, 0.4) is 0 Å². The molecule has 2 rings (SSSR count). The number of hydrogen-bond acceptors (Lipinski definition) is 2. The smallest absolute Gasteiger partial charge is 0.223 e.